The van der Waals surface area contributed by atoms with E-state index in [2.05, 4.69) is 20.9 Å². The summed E-state index contributed by atoms with van der Waals surface area (Å²) in [6.45, 7) is 6.04. The van der Waals surface area contributed by atoms with Crippen LogP contribution in [0.1, 0.15) is 65.7 Å². The van der Waals surface area contributed by atoms with Crippen LogP contribution in [0.15, 0.2) is 4.99 Å². The zero-order valence-electron chi connectivity index (χ0n) is 21.5. The number of carbonyl (C=O) groups is 5. The number of nitrogens with two attached hydrogens (primary N) is 3. The third-order valence-corrected chi connectivity index (χ3v) is 5.29. The summed E-state index contributed by atoms with van der Waals surface area (Å²) in [4.78, 5) is 63.5. The number of rotatable bonds is 19. The summed E-state index contributed by atoms with van der Waals surface area (Å²) in [6, 6.07) is -1.91. The SMILES string of the molecule is CC(C)CC(NC(=O)CCC(=O)NC(C)CC(CN)CC(=O)O)C(=O)NC(C=O)CCCN=C(N)N. The van der Waals surface area contributed by atoms with Crippen LogP contribution < -0.4 is 33.2 Å². The molecule has 0 heterocycles. The molecule has 0 aromatic carbocycles. The highest BCUT2D eigenvalue weighted by Crippen LogP contribution is 2.11. The average Bonchev–Trinajstić information content (AvgIpc) is 2.77. The average molecular weight is 514 g/mol. The van der Waals surface area contributed by atoms with Gasteiger partial charge in [0.15, 0.2) is 5.96 Å². The van der Waals surface area contributed by atoms with Crippen LogP contribution in [0.5, 0.6) is 0 Å². The van der Waals surface area contributed by atoms with Gasteiger partial charge in [-0.1, -0.05) is 13.8 Å². The molecular formula is C23H43N7O6. The highest BCUT2D eigenvalue weighted by atomic mass is 16.4. The Labute approximate surface area is 212 Å². The van der Waals surface area contributed by atoms with Gasteiger partial charge in [0.05, 0.1) is 6.04 Å². The van der Waals surface area contributed by atoms with Gasteiger partial charge in [0.2, 0.25) is 17.7 Å². The van der Waals surface area contributed by atoms with Gasteiger partial charge in [0.1, 0.15) is 12.3 Å². The quantitative estimate of drug-likeness (QED) is 0.0484. The zero-order valence-corrected chi connectivity index (χ0v) is 21.5. The molecule has 13 heteroatoms. The minimum Gasteiger partial charge on any atom is -0.481 e. The lowest BCUT2D eigenvalue weighted by Gasteiger charge is -2.22. The van der Waals surface area contributed by atoms with E-state index in [0.717, 1.165) is 0 Å². The number of nitrogens with one attached hydrogen (secondary N) is 3. The first-order valence-corrected chi connectivity index (χ1v) is 12.2. The summed E-state index contributed by atoms with van der Waals surface area (Å²) in [5.74, 6) is -2.51. The molecule has 4 atom stereocenters. The molecule has 0 fully saturated rings. The number of nitrogens with zero attached hydrogens (tertiary/aromatic N) is 1. The molecule has 0 radical (unpaired) electrons. The van der Waals surface area contributed by atoms with Crippen LogP contribution in [-0.2, 0) is 24.0 Å². The number of hydrogen-bond donors (Lipinski definition) is 7. The number of carboxylic acids is 1. The number of aliphatic imine (C=N–C) groups is 1. The van der Waals surface area contributed by atoms with Gasteiger partial charge in [-0.2, -0.15) is 0 Å². The fourth-order valence-electron chi connectivity index (χ4n) is 3.59. The third-order valence-electron chi connectivity index (χ3n) is 5.29. The smallest absolute Gasteiger partial charge is 0.303 e. The van der Waals surface area contributed by atoms with Gasteiger partial charge in [0, 0.05) is 31.8 Å². The van der Waals surface area contributed by atoms with Crippen molar-refractivity contribution in [2.24, 2.45) is 34.0 Å². The van der Waals surface area contributed by atoms with Gasteiger partial charge in [-0.15, -0.1) is 0 Å². The molecule has 4 unspecified atom stereocenters. The van der Waals surface area contributed by atoms with Gasteiger partial charge in [-0.3, -0.25) is 24.2 Å². The van der Waals surface area contributed by atoms with Crippen molar-refractivity contribution in [1.29, 1.82) is 0 Å². The van der Waals surface area contributed by atoms with E-state index in [1.165, 1.54) is 0 Å². The second-order valence-corrected chi connectivity index (χ2v) is 9.35. The first-order valence-electron chi connectivity index (χ1n) is 12.2. The van der Waals surface area contributed by atoms with E-state index in [0.29, 0.717) is 38.5 Å². The van der Waals surface area contributed by atoms with Gasteiger partial charge in [0.25, 0.3) is 0 Å². The molecule has 0 aliphatic carbocycles. The van der Waals surface area contributed by atoms with Crippen molar-refractivity contribution in [3.8, 4) is 0 Å². The largest absolute Gasteiger partial charge is 0.481 e. The molecule has 0 rings (SSSR count). The third kappa shape index (κ3) is 16.4. The molecule has 0 aromatic rings. The lowest BCUT2D eigenvalue weighted by molar-refractivity contribution is -0.138. The van der Waals surface area contributed by atoms with Crippen LogP contribution in [0.3, 0.4) is 0 Å². The van der Waals surface area contributed by atoms with E-state index in [4.69, 9.17) is 22.3 Å². The molecule has 0 saturated heterocycles. The second-order valence-electron chi connectivity index (χ2n) is 9.35. The van der Waals surface area contributed by atoms with E-state index >= 15 is 0 Å². The topological polar surface area (TPSA) is 232 Å². The minimum absolute atomic E-state index is 0.0533. The molecule has 3 amide bonds. The Hall–Kier alpha value is -3.22. The monoisotopic (exact) mass is 513 g/mol. The molecular weight excluding hydrogens is 470 g/mol. The minimum atomic E-state index is -0.953. The van der Waals surface area contributed by atoms with E-state index in [1.54, 1.807) is 6.92 Å². The number of carboxylic acid groups (broad SMARTS) is 1. The standard InChI is InChI=1S/C23H43N7O6/c1-14(2)9-18(22(36)29-17(13-31)5-4-8-27-23(25)26)30-20(33)7-6-19(32)28-15(3)10-16(12-24)11-21(34)35/h13-18H,4-12,24H2,1-3H3,(H,28,32)(H,29,36)(H,30,33)(H,34,35)(H4,25,26,27). The summed E-state index contributed by atoms with van der Waals surface area (Å²) in [5, 5.41) is 16.9. The van der Waals surface area contributed by atoms with E-state index < -0.39 is 29.9 Å². The maximum Gasteiger partial charge on any atom is 0.303 e. The van der Waals surface area contributed by atoms with Crippen molar-refractivity contribution in [1.82, 2.24) is 16.0 Å². The predicted octanol–water partition coefficient (Wildman–Crippen LogP) is -1.02. The van der Waals surface area contributed by atoms with E-state index in [9.17, 15) is 24.0 Å². The number of hydrogen-bond acceptors (Lipinski definition) is 7. The Morgan fingerprint density at radius 2 is 1.58 bits per heavy atom. The molecule has 0 saturated carbocycles. The highest BCUT2D eigenvalue weighted by molar-refractivity contribution is 5.90. The van der Waals surface area contributed by atoms with Crippen molar-refractivity contribution in [3.63, 3.8) is 0 Å². The van der Waals surface area contributed by atoms with E-state index in [-0.39, 0.29) is 55.6 Å². The van der Waals surface area contributed by atoms with E-state index in [1.807, 2.05) is 13.8 Å². The Balaban J connectivity index is 4.74. The number of amides is 3. The highest BCUT2D eigenvalue weighted by Gasteiger charge is 2.24. The second kappa shape index (κ2) is 18.1. The molecule has 10 N–H and O–H groups in total. The summed E-state index contributed by atoms with van der Waals surface area (Å²) in [5.41, 5.74) is 16.1. The number of aliphatic carboxylic acids is 1. The van der Waals surface area contributed by atoms with Crippen molar-refractivity contribution in [2.45, 2.75) is 83.8 Å². The first-order chi connectivity index (χ1) is 16.9. The molecule has 0 aliphatic heterocycles. The van der Waals surface area contributed by atoms with Crippen molar-refractivity contribution < 1.29 is 29.1 Å². The molecule has 206 valence electrons. The Morgan fingerprint density at radius 3 is 2.08 bits per heavy atom. The van der Waals surface area contributed by atoms with Gasteiger partial charge in [-0.05, 0) is 51.0 Å². The Morgan fingerprint density at radius 1 is 0.972 bits per heavy atom. The molecule has 0 aromatic heterocycles. The number of carbonyl (C=O) groups excluding carboxylic acids is 4. The molecule has 13 nitrogen and oxygen atoms in total. The summed E-state index contributed by atoms with van der Waals surface area (Å²) in [7, 11) is 0. The number of guanidine groups is 1. The van der Waals surface area contributed by atoms with Gasteiger partial charge in [-0.25, -0.2) is 0 Å². The normalized spacial score (nSPS) is 14.1. The summed E-state index contributed by atoms with van der Waals surface area (Å²) in [6.07, 6.45) is 1.89. The van der Waals surface area contributed by atoms with Crippen LogP contribution in [0.4, 0.5) is 0 Å². The summed E-state index contributed by atoms with van der Waals surface area (Å²) < 4.78 is 0. The molecule has 0 bridgehead atoms. The van der Waals surface area contributed by atoms with Crippen LogP contribution >= 0.6 is 0 Å². The lowest BCUT2D eigenvalue weighted by atomic mass is 9.97. The van der Waals surface area contributed by atoms with Crippen LogP contribution in [0.2, 0.25) is 0 Å². The van der Waals surface area contributed by atoms with Crippen molar-refractivity contribution >= 4 is 35.9 Å². The first kappa shape index (κ1) is 32.8. The summed E-state index contributed by atoms with van der Waals surface area (Å²) >= 11 is 0. The lowest BCUT2D eigenvalue weighted by Crippen LogP contribution is -2.50. The number of aldehydes is 1. The maximum absolute atomic E-state index is 12.7. The Kier molecular flexibility index (Phi) is 16.5. The molecule has 0 spiro atoms. The van der Waals surface area contributed by atoms with Gasteiger partial charge < -0.3 is 43.1 Å². The van der Waals surface area contributed by atoms with Crippen LogP contribution in [0, 0.1) is 11.8 Å². The maximum atomic E-state index is 12.7. The van der Waals surface area contributed by atoms with Crippen molar-refractivity contribution in [2.75, 3.05) is 13.1 Å². The molecule has 0 aliphatic rings. The molecule has 36 heavy (non-hydrogen) atoms. The zero-order chi connectivity index (χ0) is 27.7. The van der Waals surface area contributed by atoms with Crippen LogP contribution in [0.25, 0.3) is 0 Å². The van der Waals surface area contributed by atoms with Crippen molar-refractivity contribution in [3.05, 3.63) is 0 Å². The fourth-order valence-corrected chi connectivity index (χ4v) is 3.59. The van der Waals surface area contributed by atoms with Crippen LogP contribution in [-0.4, -0.2) is 72.3 Å². The Bertz CT molecular complexity index is 755. The van der Waals surface area contributed by atoms with Gasteiger partial charge >= 0.3 is 5.97 Å². The predicted molar refractivity (Wildman–Crippen MR) is 136 cm³/mol. The fraction of sp³-hybridized carbons (Fsp3) is 0.739.